The second-order valence-electron chi connectivity index (χ2n) is 7.77. The molecule has 12 heteroatoms. The van der Waals surface area contributed by atoms with Crippen molar-refractivity contribution in [2.45, 2.75) is 29.4 Å². The molecule has 1 aliphatic heterocycles. The van der Waals surface area contributed by atoms with Crippen LogP contribution in [0.2, 0.25) is 0 Å². The monoisotopic (exact) mass is 505 g/mol. The number of hydrogen-bond acceptors (Lipinski definition) is 6. The van der Waals surface area contributed by atoms with Crippen LogP contribution in [0.25, 0.3) is 0 Å². The molecule has 8 nitrogen and oxygen atoms in total. The average molecular weight is 505 g/mol. The molecule has 0 unspecified atom stereocenters. The number of aromatic nitrogens is 1. The van der Waals surface area contributed by atoms with Crippen LogP contribution in [0.5, 0.6) is 5.75 Å². The number of phenolic OH excluding ortho intramolecular Hbond substituents is 1. The maximum atomic E-state index is 13.3. The molecular formula is C23H18F3N3O5S. The van der Waals surface area contributed by atoms with E-state index in [1.165, 1.54) is 29.4 Å². The van der Waals surface area contributed by atoms with E-state index in [2.05, 4.69) is 4.98 Å². The SMILES string of the molecule is O=C1[C@@H](Cc2ccc(O)cc2)N(Cc2ccncc2)C(=O)N1c1ccc(S(=O)(=O)C(F)(F)F)cc1. The average Bonchev–Trinajstić information content (AvgIpc) is 3.04. The van der Waals surface area contributed by atoms with Gasteiger partial charge in [0.2, 0.25) is 0 Å². The highest BCUT2D eigenvalue weighted by atomic mass is 32.2. The van der Waals surface area contributed by atoms with E-state index in [0.29, 0.717) is 23.3 Å². The van der Waals surface area contributed by atoms with E-state index in [1.807, 2.05) is 0 Å². The smallest absolute Gasteiger partial charge is 0.501 e. The summed E-state index contributed by atoms with van der Waals surface area (Å²) in [5, 5.41) is 9.52. The third-order valence-corrected chi connectivity index (χ3v) is 7.00. The summed E-state index contributed by atoms with van der Waals surface area (Å²) in [6, 6.07) is 11.2. The van der Waals surface area contributed by atoms with Gasteiger partial charge in [-0.25, -0.2) is 18.1 Å². The minimum Gasteiger partial charge on any atom is -0.508 e. The highest BCUT2D eigenvalue weighted by Gasteiger charge is 2.48. The van der Waals surface area contributed by atoms with Gasteiger partial charge in [-0.2, -0.15) is 13.2 Å². The lowest BCUT2D eigenvalue weighted by molar-refractivity contribution is -0.119. The van der Waals surface area contributed by atoms with Crippen LogP contribution in [-0.2, 0) is 27.6 Å². The number of carbonyl (C=O) groups excluding carboxylic acids is 2. The largest absolute Gasteiger partial charge is 0.508 e. The van der Waals surface area contributed by atoms with Gasteiger partial charge in [-0.1, -0.05) is 12.1 Å². The molecule has 0 bridgehead atoms. The Hall–Kier alpha value is -3.93. The lowest BCUT2D eigenvalue weighted by Crippen LogP contribution is -2.36. The fourth-order valence-electron chi connectivity index (χ4n) is 3.70. The molecule has 2 aromatic carbocycles. The molecule has 2 heterocycles. The molecule has 1 fully saturated rings. The second kappa shape index (κ2) is 9.02. The molecule has 1 aromatic heterocycles. The van der Waals surface area contributed by atoms with Crippen LogP contribution in [0.1, 0.15) is 11.1 Å². The molecular weight excluding hydrogens is 487 g/mol. The van der Waals surface area contributed by atoms with Crippen LogP contribution in [0.4, 0.5) is 23.7 Å². The number of urea groups is 1. The Morgan fingerprint density at radius 3 is 2.06 bits per heavy atom. The zero-order valence-corrected chi connectivity index (χ0v) is 18.7. The summed E-state index contributed by atoms with van der Waals surface area (Å²) >= 11 is 0. The van der Waals surface area contributed by atoms with Crippen molar-refractivity contribution in [3.63, 3.8) is 0 Å². The van der Waals surface area contributed by atoms with E-state index >= 15 is 0 Å². The van der Waals surface area contributed by atoms with Crippen molar-refractivity contribution in [1.29, 1.82) is 0 Å². The highest BCUT2D eigenvalue weighted by molar-refractivity contribution is 7.92. The van der Waals surface area contributed by atoms with Gasteiger partial charge < -0.3 is 10.0 Å². The molecule has 3 aromatic rings. The lowest BCUT2D eigenvalue weighted by Gasteiger charge is -2.22. The Morgan fingerprint density at radius 1 is 0.886 bits per heavy atom. The molecule has 0 aliphatic carbocycles. The van der Waals surface area contributed by atoms with Crippen molar-refractivity contribution in [1.82, 2.24) is 9.88 Å². The number of hydrogen-bond donors (Lipinski definition) is 1. The summed E-state index contributed by atoms with van der Waals surface area (Å²) in [4.78, 5) is 31.7. The fourth-order valence-corrected chi connectivity index (χ4v) is 4.46. The standard InChI is InChI=1S/C23H18F3N3O5S/c24-23(25,26)35(33,34)19-7-3-17(4-8-19)29-21(31)20(13-15-1-5-18(30)6-2-15)28(22(29)32)14-16-9-11-27-12-10-16/h1-12,20,30H,13-14H2/t20-/m1/s1. The van der Waals surface area contributed by atoms with Gasteiger partial charge in [0.1, 0.15) is 11.8 Å². The van der Waals surface area contributed by atoms with Gasteiger partial charge in [-0.15, -0.1) is 0 Å². The molecule has 182 valence electrons. The number of amides is 3. The Kier molecular flexibility index (Phi) is 6.24. The summed E-state index contributed by atoms with van der Waals surface area (Å²) in [5.74, 6) is -0.588. The number of rotatable bonds is 6. The number of pyridine rings is 1. The topological polar surface area (TPSA) is 108 Å². The summed E-state index contributed by atoms with van der Waals surface area (Å²) in [6.07, 6.45) is 3.18. The molecule has 3 amide bonds. The molecule has 0 spiro atoms. The van der Waals surface area contributed by atoms with E-state index < -0.39 is 38.2 Å². The van der Waals surface area contributed by atoms with Gasteiger partial charge in [0.05, 0.1) is 10.6 Å². The molecule has 1 atom stereocenters. The number of carbonyl (C=O) groups is 2. The Bertz CT molecular complexity index is 1350. The highest BCUT2D eigenvalue weighted by Crippen LogP contribution is 2.33. The number of benzene rings is 2. The Labute approximate surface area is 198 Å². The minimum absolute atomic E-state index is 0.0340. The summed E-state index contributed by atoms with van der Waals surface area (Å²) in [7, 11) is -5.58. The van der Waals surface area contributed by atoms with Gasteiger partial charge in [-0.3, -0.25) is 9.78 Å². The number of nitrogens with zero attached hydrogens (tertiary/aromatic N) is 3. The molecule has 1 saturated heterocycles. The van der Waals surface area contributed by atoms with Gasteiger partial charge in [0.15, 0.2) is 0 Å². The van der Waals surface area contributed by atoms with Gasteiger partial charge in [0, 0.05) is 25.4 Å². The second-order valence-corrected chi connectivity index (χ2v) is 9.71. The van der Waals surface area contributed by atoms with Crippen molar-refractivity contribution in [2.75, 3.05) is 4.90 Å². The summed E-state index contributed by atoms with van der Waals surface area (Å²) < 4.78 is 61.9. The minimum atomic E-state index is -5.58. The molecule has 35 heavy (non-hydrogen) atoms. The number of anilines is 1. The number of phenols is 1. The normalized spacial score (nSPS) is 16.7. The van der Waals surface area contributed by atoms with Crippen molar-refractivity contribution in [3.8, 4) is 5.75 Å². The van der Waals surface area contributed by atoms with Gasteiger partial charge in [0.25, 0.3) is 15.7 Å². The van der Waals surface area contributed by atoms with Crippen molar-refractivity contribution in [2.24, 2.45) is 0 Å². The first-order chi connectivity index (χ1) is 16.5. The Balaban J connectivity index is 1.68. The summed E-state index contributed by atoms with van der Waals surface area (Å²) in [5.41, 5.74) is -4.17. The van der Waals surface area contributed by atoms with Crippen LogP contribution in [-0.4, -0.2) is 46.9 Å². The first kappa shape index (κ1) is 24.2. The quantitative estimate of drug-likeness (QED) is 0.513. The maximum Gasteiger partial charge on any atom is 0.501 e. The van der Waals surface area contributed by atoms with E-state index in [0.717, 1.165) is 17.0 Å². The third kappa shape index (κ3) is 4.69. The van der Waals surface area contributed by atoms with Crippen LogP contribution >= 0.6 is 0 Å². The predicted octanol–water partition coefficient (Wildman–Crippen LogP) is 3.66. The van der Waals surface area contributed by atoms with Crippen LogP contribution in [0.15, 0.2) is 78.0 Å². The molecule has 1 aliphatic rings. The van der Waals surface area contributed by atoms with Crippen LogP contribution in [0.3, 0.4) is 0 Å². The fraction of sp³-hybridized carbons (Fsp3) is 0.174. The third-order valence-electron chi connectivity index (χ3n) is 5.50. The molecule has 0 radical (unpaired) electrons. The first-order valence-corrected chi connectivity index (χ1v) is 11.7. The first-order valence-electron chi connectivity index (χ1n) is 10.2. The van der Waals surface area contributed by atoms with E-state index in [-0.39, 0.29) is 24.4 Å². The molecule has 4 rings (SSSR count). The Morgan fingerprint density at radius 2 is 1.49 bits per heavy atom. The lowest BCUT2D eigenvalue weighted by atomic mass is 10.0. The van der Waals surface area contributed by atoms with Crippen molar-refractivity contribution < 1.29 is 36.3 Å². The van der Waals surface area contributed by atoms with Crippen molar-refractivity contribution in [3.05, 3.63) is 84.2 Å². The van der Waals surface area contributed by atoms with Gasteiger partial charge in [-0.05, 0) is 59.7 Å². The predicted molar refractivity (Wildman–Crippen MR) is 118 cm³/mol. The van der Waals surface area contributed by atoms with Crippen LogP contribution in [0, 0.1) is 0 Å². The van der Waals surface area contributed by atoms with Gasteiger partial charge >= 0.3 is 11.5 Å². The molecule has 0 saturated carbocycles. The summed E-state index contributed by atoms with van der Waals surface area (Å²) in [6.45, 7) is 0.0624. The number of halogens is 3. The zero-order chi connectivity index (χ0) is 25.4. The van der Waals surface area contributed by atoms with E-state index in [9.17, 15) is 36.3 Å². The number of aromatic hydroxyl groups is 1. The number of sulfone groups is 1. The maximum absolute atomic E-state index is 13.3. The van der Waals surface area contributed by atoms with E-state index in [1.54, 1.807) is 24.3 Å². The van der Waals surface area contributed by atoms with Crippen molar-refractivity contribution >= 4 is 27.5 Å². The molecule has 1 N–H and O–H groups in total. The zero-order valence-electron chi connectivity index (χ0n) is 17.9. The number of imide groups is 1. The number of alkyl halides is 3. The van der Waals surface area contributed by atoms with Crippen LogP contribution < -0.4 is 4.90 Å². The van der Waals surface area contributed by atoms with E-state index in [4.69, 9.17) is 0 Å².